The van der Waals surface area contributed by atoms with Crippen LogP contribution in [0.3, 0.4) is 0 Å². The van der Waals surface area contributed by atoms with Gasteiger partial charge in [-0.2, -0.15) is 0 Å². The molecule has 0 amide bonds. The highest BCUT2D eigenvalue weighted by molar-refractivity contribution is 5.57. The predicted molar refractivity (Wildman–Crippen MR) is 124 cm³/mol. The quantitative estimate of drug-likeness (QED) is 0.427. The zero-order valence-corrected chi connectivity index (χ0v) is 17.6. The molecule has 0 bridgehead atoms. The van der Waals surface area contributed by atoms with Crippen molar-refractivity contribution in [1.82, 2.24) is 0 Å². The minimum Gasteiger partial charge on any atom is -0.0985 e. The lowest BCUT2D eigenvalue weighted by molar-refractivity contribution is 1.09. The summed E-state index contributed by atoms with van der Waals surface area (Å²) < 4.78 is 0. The zero-order valence-electron chi connectivity index (χ0n) is 17.6. The molecule has 0 heterocycles. The van der Waals surface area contributed by atoms with E-state index in [-0.39, 0.29) is 0 Å². The summed E-state index contributed by atoms with van der Waals surface area (Å²) in [5.41, 5.74) is 13.3. The van der Waals surface area contributed by atoms with Gasteiger partial charge in [-0.1, -0.05) is 73.8 Å². The summed E-state index contributed by atoms with van der Waals surface area (Å²) in [5, 5.41) is 0. The summed E-state index contributed by atoms with van der Waals surface area (Å²) in [6.45, 7) is 16.6. The molecule has 0 saturated carbocycles. The molecule has 0 unspecified atom stereocenters. The highest BCUT2D eigenvalue weighted by Gasteiger charge is 2.09. The monoisotopic (exact) mass is 366 g/mol. The van der Waals surface area contributed by atoms with E-state index in [1.807, 2.05) is 12.2 Å². The van der Waals surface area contributed by atoms with Crippen LogP contribution in [0.25, 0.3) is 12.2 Å². The molecule has 3 aromatic rings. The summed E-state index contributed by atoms with van der Waals surface area (Å²) in [4.78, 5) is 0. The molecule has 0 N–H and O–H groups in total. The van der Waals surface area contributed by atoms with Crippen molar-refractivity contribution in [3.63, 3.8) is 0 Å². The van der Waals surface area contributed by atoms with Gasteiger partial charge in [0, 0.05) is 0 Å². The summed E-state index contributed by atoms with van der Waals surface area (Å²) in [7, 11) is 0. The van der Waals surface area contributed by atoms with Crippen molar-refractivity contribution in [2.45, 2.75) is 40.5 Å². The molecule has 0 aliphatic heterocycles. The van der Waals surface area contributed by atoms with Crippen molar-refractivity contribution in [3.8, 4) is 0 Å². The van der Waals surface area contributed by atoms with Gasteiger partial charge in [-0.3, -0.25) is 0 Å². The van der Waals surface area contributed by atoms with Crippen molar-refractivity contribution in [2.24, 2.45) is 0 Å². The Kier molecular flexibility index (Phi) is 5.99. The summed E-state index contributed by atoms with van der Waals surface area (Å²) in [5.74, 6) is 0. The topological polar surface area (TPSA) is 0 Å². The van der Waals surface area contributed by atoms with E-state index in [1.54, 1.807) is 0 Å². The first kappa shape index (κ1) is 19.9. The molecule has 3 aromatic carbocycles. The first-order valence-electron chi connectivity index (χ1n) is 9.94. The summed E-state index contributed by atoms with van der Waals surface area (Å²) in [6.07, 6.45) is 5.79. The van der Waals surface area contributed by atoms with Gasteiger partial charge >= 0.3 is 0 Å². The van der Waals surface area contributed by atoms with E-state index in [1.165, 1.54) is 55.6 Å². The van der Waals surface area contributed by atoms with Gasteiger partial charge in [-0.05, 0) is 96.2 Å². The first-order chi connectivity index (χ1) is 13.4. The maximum absolute atomic E-state index is 3.94. The molecule has 0 radical (unpaired) electrons. The molecular weight excluding hydrogens is 336 g/mol. The zero-order chi connectivity index (χ0) is 20.3. The van der Waals surface area contributed by atoms with E-state index in [4.69, 9.17) is 0 Å². The van der Waals surface area contributed by atoms with Crippen LogP contribution >= 0.6 is 0 Å². The third-order valence-corrected chi connectivity index (χ3v) is 5.66. The van der Waals surface area contributed by atoms with Crippen LogP contribution in [-0.2, 0) is 12.8 Å². The second-order valence-corrected chi connectivity index (χ2v) is 7.85. The molecular formula is C28H30. The molecule has 3 rings (SSSR count). The van der Waals surface area contributed by atoms with Crippen LogP contribution < -0.4 is 0 Å². The molecule has 0 saturated heterocycles. The lowest BCUT2D eigenvalue weighted by atomic mass is 9.90. The highest BCUT2D eigenvalue weighted by Crippen LogP contribution is 2.24. The van der Waals surface area contributed by atoms with Gasteiger partial charge in [-0.15, -0.1) is 0 Å². The number of rotatable bonds is 6. The SMILES string of the molecule is C=Cc1ccc(Cc2cc(C)c(Cc3cc(C)c(C=C)c(C)c3)cc2C)cc1. The van der Waals surface area contributed by atoms with Crippen LogP contribution in [-0.4, -0.2) is 0 Å². The Morgan fingerprint density at radius 2 is 1.11 bits per heavy atom. The molecule has 0 spiro atoms. The molecule has 0 aliphatic rings. The van der Waals surface area contributed by atoms with Crippen LogP contribution in [0.5, 0.6) is 0 Å². The molecule has 0 heteroatoms. The number of hydrogen-bond donors (Lipinski definition) is 0. The predicted octanol–water partition coefficient (Wildman–Crippen LogP) is 7.39. The average molecular weight is 367 g/mol. The third kappa shape index (κ3) is 4.34. The Labute approximate surface area is 170 Å². The molecule has 0 nitrogen and oxygen atoms in total. The Balaban J connectivity index is 1.85. The van der Waals surface area contributed by atoms with Crippen LogP contribution in [0.2, 0.25) is 0 Å². The summed E-state index contributed by atoms with van der Waals surface area (Å²) >= 11 is 0. The van der Waals surface area contributed by atoms with Gasteiger partial charge in [0.1, 0.15) is 0 Å². The number of aryl methyl sites for hydroxylation is 4. The smallest absolute Gasteiger partial charge is 0.00228 e. The third-order valence-electron chi connectivity index (χ3n) is 5.66. The van der Waals surface area contributed by atoms with Gasteiger partial charge in [-0.25, -0.2) is 0 Å². The molecule has 28 heavy (non-hydrogen) atoms. The van der Waals surface area contributed by atoms with E-state index < -0.39 is 0 Å². The second kappa shape index (κ2) is 8.44. The van der Waals surface area contributed by atoms with Crippen molar-refractivity contribution in [2.75, 3.05) is 0 Å². The maximum atomic E-state index is 3.94. The van der Waals surface area contributed by atoms with Gasteiger partial charge in [0.05, 0.1) is 0 Å². The Hall–Kier alpha value is -2.86. The van der Waals surface area contributed by atoms with Crippen molar-refractivity contribution >= 4 is 12.2 Å². The van der Waals surface area contributed by atoms with Gasteiger partial charge in [0.15, 0.2) is 0 Å². The van der Waals surface area contributed by atoms with Gasteiger partial charge < -0.3 is 0 Å². The van der Waals surface area contributed by atoms with E-state index in [0.717, 1.165) is 12.8 Å². The Bertz CT molecular complexity index is 994. The molecule has 0 fully saturated rings. The Morgan fingerprint density at radius 3 is 1.57 bits per heavy atom. The van der Waals surface area contributed by atoms with E-state index in [0.29, 0.717) is 0 Å². The maximum Gasteiger partial charge on any atom is -0.00228 e. The lowest BCUT2D eigenvalue weighted by Crippen LogP contribution is -2.00. The standard InChI is InChI=1S/C28H30/c1-7-23-9-11-24(12-10-23)17-26-15-20(4)27(16-19(26)3)18-25-13-21(5)28(8-2)22(6)14-25/h7-16H,1-2,17-18H2,3-6H3. The van der Waals surface area contributed by atoms with Crippen LogP contribution in [0.1, 0.15) is 55.6 Å². The minimum absolute atomic E-state index is 0.969. The molecule has 0 aliphatic carbocycles. The van der Waals surface area contributed by atoms with Gasteiger partial charge in [0.2, 0.25) is 0 Å². The van der Waals surface area contributed by atoms with Gasteiger partial charge in [0.25, 0.3) is 0 Å². The van der Waals surface area contributed by atoms with Crippen LogP contribution in [0, 0.1) is 27.7 Å². The van der Waals surface area contributed by atoms with Crippen LogP contribution in [0.4, 0.5) is 0 Å². The van der Waals surface area contributed by atoms with Crippen molar-refractivity contribution in [3.05, 3.63) is 117 Å². The molecule has 0 atom stereocenters. The fraction of sp³-hybridized carbons (Fsp3) is 0.214. The van der Waals surface area contributed by atoms with Crippen molar-refractivity contribution < 1.29 is 0 Å². The first-order valence-corrected chi connectivity index (χ1v) is 9.94. The minimum atomic E-state index is 0.969. The fourth-order valence-electron chi connectivity index (χ4n) is 4.02. The molecule has 0 aromatic heterocycles. The van der Waals surface area contributed by atoms with E-state index in [2.05, 4.69) is 89.4 Å². The second-order valence-electron chi connectivity index (χ2n) is 7.85. The van der Waals surface area contributed by atoms with E-state index >= 15 is 0 Å². The lowest BCUT2D eigenvalue weighted by Gasteiger charge is -2.15. The Morgan fingerprint density at radius 1 is 0.607 bits per heavy atom. The fourth-order valence-corrected chi connectivity index (χ4v) is 4.02. The van der Waals surface area contributed by atoms with Crippen LogP contribution in [0.15, 0.2) is 61.7 Å². The largest absolute Gasteiger partial charge is 0.0985 e. The van der Waals surface area contributed by atoms with E-state index in [9.17, 15) is 0 Å². The number of hydrogen-bond acceptors (Lipinski definition) is 0. The normalized spacial score (nSPS) is 10.7. The average Bonchev–Trinajstić information content (AvgIpc) is 2.66. The van der Waals surface area contributed by atoms with Crippen molar-refractivity contribution in [1.29, 1.82) is 0 Å². The highest BCUT2D eigenvalue weighted by atomic mass is 14.1. The number of benzene rings is 3. The molecule has 142 valence electrons. The summed E-state index contributed by atoms with van der Waals surface area (Å²) in [6, 6.07) is 18.0.